The molecule has 0 fully saturated rings. The van der Waals surface area contributed by atoms with Crippen LogP contribution >= 0.6 is 0 Å². The minimum atomic E-state index is -0.244. The summed E-state index contributed by atoms with van der Waals surface area (Å²) < 4.78 is 7.06. The molecule has 2 aromatic heterocycles. The number of nitrogens with zero attached hydrogens (tertiary/aromatic N) is 4. The highest BCUT2D eigenvalue weighted by Crippen LogP contribution is 2.10. The first-order chi connectivity index (χ1) is 9.11. The number of oxazole rings is 1. The van der Waals surface area contributed by atoms with E-state index in [0.29, 0.717) is 31.0 Å². The topological polar surface area (TPSA) is 85.8 Å². The molecule has 7 nitrogen and oxygen atoms in total. The first kappa shape index (κ1) is 13.3. The van der Waals surface area contributed by atoms with Gasteiger partial charge < -0.3 is 9.73 Å². The molecule has 0 aliphatic rings. The van der Waals surface area contributed by atoms with Crippen LogP contribution in [0.2, 0.25) is 0 Å². The van der Waals surface area contributed by atoms with Gasteiger partial charge in [0.2, 0.25) is 5.76 Å². The molecule has 0 spiro atoms. The number of carbonyl (C=O) groups excluding carboxylic acids is 1. The summed E-state index contributed by atoms with van der Waals surface area (Å²) in [6.45, 7) is 4.17. The third-order valence-corrected chi connectivity index (χ3v) is 2.79. The van der Waals surface area contributed by atoms with Crippen molar-refractivity contribution in [1.82, 2.24) is 25.1 Å². The molecule has 102 valence electrons. The summed E-state index contributed by atoms with van der Waals surface area (Å²) in [6.07, 6.45) is 2.79. The van der Waals surface area contributed by atoms with Gasteiger partial charge in [0, 0.05) is 26.4 Å². The molecule has 0 radical (unpaired) electrons. The van der Waals surface area contributed by atoms with Gasteiger partial charge >= 0.3 is 0 Å². The van der Waals surface area contributed by atoms with E-state index in [-0.39, 0.29) is 11.7 Å². The SMILES string of the molecule is CCc1nc(C)c(C(=O)NCCc2ncnn2C)o1. The fourth-order valence-electron chi connectivity index (χ4n) is 1.73. The molecule has 1 amide bonds. The molecule has 0 aliphatic heterocycles. The van der Waals surface area contributed by atoms with Gasteiger partial charge in [0.15, 0.2) is 5.89 Å². The molecule has 0 bridgehead atoms. The van der Waals surface area contributed by atoms with Crippen LogP contribution in [0.25, 0.3) is 0 Å². The normalized spacial score (nSPS) is 10.7. The Balaban J connectivity index is 1.90. The molecule has 2 heterocycles. The minimum absolute atomic E-state index is 0.244. The molecule has 2 aromatic rings. The van der Waals surface area contributed by atoms with Crippen molar-refractivity contribution in [3.8, 4) is 0 Å². The first-order valence-electron chi connectivity index (χ1n) is 6.19. The molecule has 2 rings (SSSR count). The van der Waals surface area contributed by atoms with E-state index in [4.69, 9.17) is 4.42 Å². The van der Waals surface area contributed by atoms with Gasteiger partial charge in [0.1, 0.15) is 12.2 Å². The summed E-state index contributed by atoms with van der Waals surface area (Å²) in [5, 5.41) is 6.75. The van der Waals surface area contributed by atoms with E-state index in [1.807, 2.05) is 14.0 Å². The average molecular weight is 263 g/mol. The highest BCUT2D eigenvalue weighted by Gasteiger charge is 2.16. The summed E-state index contributed by atoms with van der Waals surface area (Å²) in [6, 6.07) is 0. The summed E-state index contributed by atoms with van der Waals surface area (Å²) in [4.78, 5) is 20.2. The van der Waals surface area contributed by atoms with Gasteiger partial charge in [-0.2, -0.15) is 5.10 Å². The molecular formula is C12H17N5O2. The van der Waals surface area contributed by atoms with Crippen LogP contribution in [-0.4, -0.2) is 32.2 Å². The third-order valence-electron chi connectivity index (χ3n) is 2.79. The second kappa shape index (κ2) is 5.64. The van der Waals surface area contributed by atoms with Crippen LogP contribution in [0.1, 0.15) is 34.9 Å². The number of aryl methyl sites for hydroxylation is 3. The van der Waals surface area contributed by atoms with Crippen molar-refractivity contribution in [3.63, 3.8) is 0 Å². The van der Waals surface area contributed by atoms with Crippen molar-refractivity contribution in [2.45, 2.75) is 26.7 Å². The van der Waals surface area contributed by atoms with Crippen molar-refractivity contribution in [1.29, 1.82) is 0 Å². The minimum Gasteiger partial charge on any atom is -0.435 e. The number of nitrogens with one attached hydrogen (secondary N) is 1. The number of amides is 1. The van der Waals surface area contributed by atoms with Gasteiger partial charge in [0.05, 0.1) is 5.69 Å². The van der Waals surface area contributed by atoms with Gasteiger partial charge in [-0.3, -0.25) is 9.48 Å². The molecular weight excluding hydrogens is 246 g/mol. The molecule has 7 heteroatoms. The molecule has 19 heavy (non-hydrogen) atoms. The Morgan fingerprint density at radius 2 is 2.32 bits per heavy atom. The van der Waals surface area contributed by atoms with Crippen LogP contribution in [0.4, 0.5) is 0 Å². The van der Waals surface area contributed by atoms with E-state index in [2.05, 4.69) is 20.4 Å². The fraction of sp³-hybridized carbons (Fsp3) is 0.500. The molecule has 0 aromatic carbocycles. The van der Waals surface area contributed by atoms with E-state index >= 15 is 0 Å². The largest absolute Gasteiger partial charge is 0.435 e. The number of aromatic nitrogens is 4. The summed E-state index contributed by atoms with van der Waals surface area (Å²) in [7, 11) is 1.82. The molecule has 0 saturated heterocycles. The second-order valence-electron chi connectivity index (χ2n) is 4.18. The smallest absolute Gasteiger partial charge is 0.289 e. The Bertz CT molecular complexity index is 572. The van der Waals surface area contributed by atoms with Crippen LogP contribution in [0, 0.1) is 6.92 Å². The number of hydrogen-bond acceptors (Lipinski definition) is 5. The third kappa shape index (κ3) is 2.98. The van der Waals surface area contributed by atoms with Crippen molar-refractivity contribution in [2.75, 3.05) is 6.54 Å². The zero-order valence-corrected chi connectivity index (χ0v) is 11.3. The van der Waals surface area contributed by atoms with Gasteiger partial charge in [-0.05, 0) is 6.92 Å². The molecule has 1 N–H and O–H groups in total. The summed E-state index contributed by atoms with van der Waals surface area (Å²) in [5.74, 6) is 1.45. The van der Waals surface area contributed by atoms with Crippen LogP contribution in [0.3, 0.4) is 0 Å². The molecule has 0 aliphatic carbocycles. The zero-order valence-electron chi connectivity index (χ0n) is 11.3. The lowest BCUT2D eigenvalue weighted by Gasteiger charge is -2.03. The number of carbonyl (C=O) groups is 1. The average Bonchev–Trinajstić information content (AvgIpc) is 2.96. The maximum absolute atomic E-state index is 11.9. The van der Waals surface area contributed by atoms with E-state index < -0.39 is 0 Å². The van der Waals surface area contributed by atoms with E-state index in [0.717, 1.165) is 5.82 Å². The van der Waals surface area contributed by atoms with Gasteiger partial charge in [-0.15, -0.1) is 0 Å². The standard InChI is InChI=1S/C12H17N5O2/c1-4-10-16-8(2)11(19-10)12(18)13-6-5-9-14-7-15-17(9)3/h7H,4-6H2,1-3H3,(H,13,18). The van der Waals surface area contributed by atoms with Crippen molar-refractivity contribution in [3.05, 3.63) is 29.5 Å². The second-order valence-corrected chi connectivity index (χ2v) is 4.18. The lowest BCUT2D eigenvalue weighted by Crippen LogP contribution is -2.26. The predicted molar refractivity (Wildman–Crippen MR) is 67.7 cm³/mol. The Hall–Kier alpha value is -2.18. The fourth-order valence-corrected chi connectivity index (χ4v) is 1.73. The van der Waals surface area contributed by atoms with E-state index in [1.165, 1.54) is 6.33 Å². The lowest BCUT2D eigenvalue weighted by molar-refractivity contribution is 0.0923. The van der Waals surface area contributed by atoms with Gasteiger partial charge in [-0.25, -0.2) is 9.97 Å². The van der Waals surface area contributed by atoms with Crippen LogP contribution in [0.15, 0.2) is 10.7 Å². The maximum atomic E-state index is 11.9. The first-order valence-corrected chi connectivity index (χ1v) is 6.19. The zero-order chi connectivity index (χ0) is 13.8. The Kier molecular flexibility index (Phi) is 3.94. The predicted octanol–water partition coefficient (Wildman–Crippen LogP) is 0.646. The molecule has 0 saturated carbocycles. The summed E-state index contributed by atoms with van der Waals surface area (Å²) >= 11 is 0. The lowest BCUT2D eigenvalue weighted by atomic mass is 10.3. The quantitative estimate of drug-likeness (QED) is 0.855. The molecule has 0 atom stereocenters. The number of hydrogen-bond donors (Lipinski definition) is 1. The van der Waals surface area contributed by atoms with Crippen LogP contribution < -0.4 is 5.32 Å². The monoisotopic (exact) mass is 263 g/mol. The molecule has 0 unspecified atom stereocenters. The highest BCUT2D eigenvalue weighted by atomic mass is 16.4. The maximum Gasteiger partial charge on any atom is 0.289 e. The van der Waals surface area contributed by atoms with Crippen molar-refractivity contribution >= 4 is 5.91 Å². The highest BCUT2D eigenvalue weighted by molar-refractivity contribution is 5.92. The van der Waals surface area contributed by atoms with E-state index in [1.54, 1.807) is 11.6 Å². The van der Waals surface area contributed by atoms with Gasteiger partial charge in [-0.1, -0.05) is 6.92 Å². The van der Waals surface area contributed by atoms with Crippen LogP contribution in [-0.2, 0) is 19.9 Å². The Morgan fingerprint density at radius 1 is 1.53 bits per heavy atom. The van der Waals surface area contributed by atoms with Gasteiger partial charge in [0.25, 0.3) is 5.91 Å². The summed E-state index contributed by atoms with van der Waals surface area (Å²) in [5.41, 5.74) is 0.619. The van der Waals surface area contributed by atoms with Crippen molar-refractivity contribution in [2.24, 2.45) is 7.05 Å². The van der Waals surface area contributed by atoms with Crippen molar-refractivity contribution < 1.29 is 9.21 Å². The van der Waals surface area contributed by atoms with E-state index in [9.17, 15) is 4.79 Å². The van der Waals surface area contributed by atoms with Crippen LogP contribution in [0.5, 0.6) is 0 Å². The Labute approximate surface area is 111 Å². The Morgan fingerprint density at radius 3 is 2.89 bits per heavy atom. The number of rotatable bonds is 5.